The van der Waals surface area contributed by atoms with E-state index in [0.717, 1.165) is 35.6 Å². The molecule has 26 heavy (non-hydrogen) atoms. The Balaban J connectivity index is 1.67. The van der Waals surface area contributed by atoms with E-state index < -0.39 is 28.9 Å². The molecule has 0 amide bonds. The summed E-state index contributed by atoms with van der Waals surface area (Å²) in [6.07, 6.45) is 0.206. The predicted molar refractivity (Wildman–Crippen MR) is 89.0 cm³/mol. The molecule has 0 unspecified atom stereocenters. The Labute approximate surface area is 151 Å². The molecule has 0 aromatic heterocycles. The van der Waals surface area contributed by atoms with Crippen LogP contribution >= 0.6 is 0 Å². The van der Waals surface area contributed by atoms with Crippen molar-refractivity contribution in [1.29, 1.82) is 0 Å². The molecule has 1 aromatic rings. The largest absolute Gasteiger partial charge is 0.454 e. The Morgan fingerprint density at radius 1 is 1.23 bits per heavy atom. The number of likely N-dealkylation sites (N-methyl/N-ethyl adjacent to an activating group) is 1. The van der Waals surface area contributed by atoms with Crippen molar-refractivity contribution in [2.75, 3.05) is 27.5 Å². The Bertz CT molecular complexity index is 815. The number of aliphatic hydroxyl groups excluding tert-OH is 1. The maximum atomic E-state index is 11.8. The lowest BCUT2D eigenvalue weighted by molar-refractivity contribution is -0.328. The number of fused-ring (bicyclic) bond motifs is 4. The molecule has 2 saturated heterocycles. The van der Waals surface area contributed by atoms with E-state index in [0.29, 0.717) is 12.8 Å². The van der Waals surface area contributed by atoms with Gasteiger partial charge in [0.2, 0.25) is 12.6 Å². The molecule has 7 nitrogen and oxygen atoms in total. The molecule has 1 saturated carbocycles. The first kappa shape index (κ1) is 15.7. The van der Waals surface area contributed by atoms with Gasteiger partial charge in [0.25, 0.3) is 0 Å². The molecule has 0 radical (unpaired) electrons. The molecule has 1 spiro atoms. The molecule has 1 aromatic carbocycles. The summed E-state index contributed by atoms with van der Waals surface area (Å²) in [5.74, 6) is -0.114. The first-order chi connectivity index (χ1) is 12.5. The van der Waals surface area contributed by atoms with Gasteiger partial charge in [-0.25, -0.2) is 0 Å². The van der Waals surface area contributed by atoms with Gasteiger partial charge in [0.15, 0.2) is 11.5 Å². The molecule has 6 rings (SSSR count). The number of benzene rings is 1. The second kappa shape index (κ2) is 4.54. The van der Waals surface area contributed by atoms with Gasteiger partial charge in [0.1, 0.15) is 6.10 Å². The molecule has 3 aliphatic heterocycles. The summed E-state index contributed by atoms with van der Waals surface area (Å²) in [6, 6.07) is 4.05. The van der Waals surface area contributed by atoms with Crippen LogP contribution in [0.4, 0.5) is 0 Å². The van der Waals surface area contributed by atoms with Crippen molar-refractivity contribution in [3.8, 4) is 11.5 Å². The minimum atomic E-state index is -1.57. The van der Waals surface area contributed by atoms with Crippen molar-refractivity contribution in [2.24, 2.45) is 0 Å². The van der Waals surface area contributed by atoms with E-state index >= 15 is 0 Å². The van der Waals surface area contributed by atoms with Crippen LogP contribution in [0.5, 0.6) is 11.5 Å². The van der Waals surface area contributed by atoms with Crippen LogP contribution in [0.1, 0.15) is 36.5 Å². The number of nitrogens with zero attached hydrogens (tertiary/aromatic N) is 1. The van der Waals surface area contributed by atoms with Crippen LogP contribution < -0.4 is 9.47 Å². The fraction of sp³-hybridized carbons (Fsp3) is 0.684. The molecule has 6 atom stereocenters. The third kappa shape index (κ3) is 1.38. The lowest BCUT2D eigenvalue weighted by Gasteiger charge is -2.60. The fourth-order valence-electron chi connectivity index (χ4n) is 6.75. The zero-order chi connectivity index (χ0) is 17.9. The average Bonchev–Trinajstić information content (AvgIpc) is 3.26. The quantitative estimate of drug-likeness (QED) is 0.761. The van der Waals surface area contributed by atoms with Crippen molar-refractivity contribution < 1.29 is 29.2 Å². The van der Waals surface area contributed by atoms with Crippen molar-refractivity contribution in [1.82, 2.24) is 4.90 Å². The van der Waals surface area contributed by atoms with Gasteiger partial charge in [-0.3, -0.25) is 4.90 Å². The monoisotopic (exact) mass is 361 g/mol. The smallest absolute Gasteiger partial charge is 0.231 e. The molecular weight excluding hydrogens is 338 g/mol. The van der Waals surface area contributed by atoms with E-state index in [1.165, 1.54) is 7.11 Å². The highest BCUT2D eigenvalue weighted by atomic mass is 16.7. The molecule has 3 heterocycles. The highest BCUT2D eigenvalue weighted by Gasteiger charge is 2.81. The van der Waals surface area contributed by atoms with Crippen molar-refractivity contribution in [2.45, 2.75) is 54.3 Å². The summed E-state index contributed by atoms with van der Waals surface area (Å²) in [7, 11) is 3.57. The van der Waals surface area contributed by atoms with Gasteiger partial charge in [0, 0.05) is 18.9 Å². The molecule has 5 aliphatic rings. The van der Waals surface area contributed by atoms with E-state index in [1.807, 2.05) is 19.2 Å². The number of hydrogen-bond donors (Lipinski definition) is 2. The van der Waals surface area contributed by atoms with E-state index in [9.17, 15) is 10.2 Å². The summed E-state index contributed by atoms with van der Waals surface area (Å²) >= 11 is 0. The van der Waals surface area contributed by atoms with Gasteiger partial charge in [0.05, 0.1) is 17.7 Å². The van der Waals surface area contributed by atoms with E-state index in [2.05, 4.69) is 4.90 Å². The van der Waals surface area contributed by atoms with E-state index in [-0.39, 0.29) is 12.9 Å². The highest BCUT2D eigenvalue weighted by Crippen LogP contribution is 2.71. The third-order valence-corrected chi connectivity index (χ3v) is 7.67. The second-order valence-electron chi connectivity index (χ2n) is 8.34. The van der Waals surface area contributed by atoms with Crippen molar-refractivity contribution in [3.63, 3.8) is 0 Å². The molecular formula is C19H23NO6. The van der Waals surface area contributed by atoms with Crippen LogP contribution in [0.15, 0.2) is 12.1 Å². The molecule has 2 N–H and O–H groups in total. The minimum absolute atomic E-state index is 0.222. The van der Waals surface area contributed by atoms with Crippen LogP contribution in [0.3, 0.4) is 0 Å². The normalized spacial score (nSPS) is 47.8. The number of methoxy groups -OCH3 is 1. The zero-order valence-corrected chi connectivity index (χ0v) is 14.9. The second-order valence-corrected chi connectivity index (χ2v) is 8.34. The summed E-state index contributed by atoms with van der Waals surface area (Å²) in [4.78, 5) is 2.22. The predicted octanol–water partition coefficient (Wildman–Crippen LogP) is 0.671. The molecule has 3 fully saturated rings. The fourth-order valence-corrected chi connectivity index (χ4v) is 6.75. The van der Waals surface area contributed by atoms with E-state index in [4.69, 9.17) is 18.9 Å². The van der Waals surface area contributed by atoms with Crippen LogP contribution in [0.2, 0.25) is 0 Å². The van der Waals surface area contributed by atoms with Gasteiger partial charge >= 0.3 is 0 Å². The van der Waals surface area contributed by atoms with Gasteiger partial charge in [-0.1, -0.05) is 0 Å². The Morgan fingerprint density at radius 3 is 2.77 bits per heavy atom. The zero-order valence-electron chi connectivity index (χ0n) is 14.9. The number of likely N-dealkylation sites (tertiary alicyclic amines) is 1. The average molecular weight is 361 g/mol. The van der Waals surface area contributed by atoms with Gasteiger partial charge < -0.3 is 29.2 Å². The number of aliphatic hydroxyl groups is 2. The minimum Gasteiger partial charge on any atom is -0.454 e. The maximum Gasteiger partial charge on any atom is 0.231 e. The number of rotatable bonds is 1. The lowest BCUT2D eigenvalue weighted by atomic mass is 9.50. The lowest BCUT2D eigenvalue weighted by Crippen LogP contribution is -2.77. The van der Waals surface area contributed by atoms with Crippen LogP contribution in [0.25, 0.3) is 0 Å². The van der Waals surface area contributed by atoms with Gasteiger partial charge in [-0.2, -0.15) is 0 Å². The number of ether oxygens (including phenoxy) is 4. The topological polar surface area (TPSA) is 80.6 Å². The van der Waals surface area contributed by atoms with Crippen molar-refractivity contribution >= 4 is 0 Å². The number of hydrogen-bond acceptors (Lipinski definition) is 7. The summed E-state index contributed by atoms with van der Waals surface area (Å²) in [5.41, 5.74) is 1.13. The molecule has 2 aliphatic carbocycles. The van der Waals surface area contributed by atoms with Gasteiger partial charge in [-0.15, -0.1) is 0 Å². The first-order valence-corrected chi connectivity index (χ1v) is 9.23. The van der Waals surface area contributed by atoms with E-state index in [1.54, 1.807) is 0 Å². The van der Waals surface area contributed by atoms with Crippen LogP contribution in [-0.2, 0) is 14.9 Å². The summed E-state index contributed by atoms with van der Waals surface area (Å²) in [6.45, 7) is 1.05. The van der Waals surface area contributed by atoms with Crippen molar-refractivity contribution in [3.05, 3.63) is 23.3 Å². The Hall–Kier alpha value is -1.38. The standard InChI is InChI=1S/C19H23NO6/c1-20-4-3-17-7-12(21)16(23-2)19(22)18(17,20)8-15(26-19)10-5-13-14(6-11(10)17)25-9-24-13/h5-6,12,15-16,21-22H,3-4,7-9H2,1-2H3/t12-,15-,16-,17-,18-,19-/m0/s1. The molecule has 2 bridgehead atoms. The van der Waals surface area contributed by atoms with Crippen LogP contribution in [-0.4, -0.2) is 66.1 Å². The molecule has 7 heteroatoms. The maximum absolute atomic E-state index is 11.8. The first-order valence-electron chi connectivity index (χ1n) is 9.23. The summed E-state index contributed by atoms with van der Waals surface area (Å²) < 4.78 is 23.1. The SMILES string of the molecule is CO[C@H]1[C@@H](O)C[C@]23CCN(C)[C@@]24C[C@H](O[C@@]14O)c1cc2c(cc13)OCO2. The Kier molecular flexibility index (Phi) is 2.73. The summed E-state index contributed by atoms with van der Waals surface area (Å²) in [5, 5.41) is 22.7. The molecule has 140 valence electrons. The highest BCUT2D eigenvalue weighted by molar-refractivity contribution is 5.58. The third-order valence-electron chi connectivity index (χ3n) is 7.67. The van der Waals surface area contributed by atoms with Crippen LogP contribution in [0, 0.1) is 0 Å². The van der Waals surface area contributed by atoms with Gasteiger partial charge in [-0.05, 0) is 49.7 Å². The Morgan fingerprint density at radius 2 is 2.00 bits per heavy atom.